The summed E-state index contributed by atoms with van der Waals surface area (Å²) in [7, 11) is 0. The zero-order chi connectivity index (χ0) is 7.97. The third-order valence-electron chi connectivity index (χ3n) is 2.41. The van der Waals surface area contributed by atoms with E-state index in [1.807, 2.05) is 0 Å². The Balaban J connectivity index is 2.64. The Morgan fingerprint density at radius 1 is 0.667 bits per heavy atom. The summed E-state index contributed by atoms with van der Waals surface area (Å²) in [5, 5.41) is 2.75. The molecule has 0 fully saturated rings. The van der Waals surface area contributed by atoms with Gasteiger partial charge in [0, 0.05) is 0 Å². The Morgan fingerprint density at radius 2 is 1.25 bits per heavy atom. The predicted molar refractivity (Wildman–Crippen MR) is 52.9 cm³/mol. The molecule has 0 heterocycles. The van der Waals surface area contributed by atoms with Gasteiger partial charge in [0.15, 0.2) is 0 Å². The van der Waals surface area contributed by atoms with E-state index in [1.54, 1.807) is 0 Å². The lowest BCUT2D eigenvalue weighted by molar-refractivity contribution is 1.72. The van der Waals surface area contributed by atoms with Gasteiger partial charge in [0.2, 0.25) is 0 Å². The first-order valence-corrected chi connectivity index (χ1v) is 4.15. The lowest BCUT2D eigenvalue weighted by atomic mass is 10.1. The summed E-state index contributed by atoms with van der Waals surface area (Å²) < 4.78 is 0. The van der Waals surface area contributed by atoms with E-state index < -0.39 is 0 Å². The van der Waals surface area contributed by atoms with Crippen LogP contribution in [0.4, 0.5) is 0 Å². The SMILES string of the molecule is C1=[13CH]c2cccc3cccc1c23. The van der Waals surface area contributed by atoms with Crippen LogP contribution in [-0.2, 0) is 0 Å². The monoisotopic (exact) mass is 153 g/mol. The lowest BCUT2D eigenvalue weighted by Gasteiger charge is -1.99. The topological polar surface area (TPSA) is 0 Å². The van der Waals surface area contributed by atoms with Gasteiger partial charge in [-0.3, -0.25) is 0 Å². The second-order valence-corrected chi connectivity index (χ2v) is 3.13. The minimum atomic E-state index is 1.34. The molecule has 2 aromatic carbocycles. The molecule has 0 N–H and O–H groups in total. The molecule has 0 aliphatic heterocycles. The van der Waals surface area contributed by atoms with E-state index in [2.05, 4.69) is 48.6 Å². The van der Waals surface area contributed by atoms with Gasteiger partial charge in [-0.15, -0.1) is 0 Å². The van der Waals surface area contributed by atoms with E-state index in [0.717, 1.165) is 0 Å². The smallest absolute Gasteiger partial charge is 0.00389 e. The summed E-state index contributed by atoms with van der Waals surface area (Å²) in [6.45, 7) is 0. The third-order valence-corrected chi connectivity index (χ3v) is 2.41. The maximum atomic E-state index is 2.18. The molecule has 2 aromatic rings. The molecule has 0 heteroatoms. The Labute approximate surface area is 71.1 Å². The fraction of sp³-hybridized carbons (Fsp3) is 0. The lowest BCUT2D eigenvalue weighted by Crippen LogP contribution is -1.76. The van der Waals surface area contributed by atoms with Crippen molar-refractivity contribution in [1.82, 2.24) is 0 Å². The van der Waals surface area contributed by atoms with Crippen molar-refractivity contribution < 1.29 is 0 Å². The van der Waals surface area contributed by atoms with E-state index in [4.69, 9.17) is 0 Å². The van der Waals surface area contributed by atoms with Gasteiger partial charge in [0.1, 0.15) is 0 Å². The van der Waals surface area contributed by atoms with Crippen molar-refractivity contribution in [1.29, 1.82) is 0 Å². The molecule has 0 amide bonds. The highest BCUT2D eigenvalue weighted by Crippen LogP contribution is 2.30. The summed E-state index contributed by atoms with van der Waals surface area (Å²) in [5.74, 6) is 0. The van der Waals surface area contributed by atoms with Crippen LogP contribution in [0.25, 0.3) is 22.9 Å². The van der Waals surface area contributed by atoms with E-state index in [1.165, 1.54) is 21.9 Å². The van der Waals surface area contributed by atoms with Crippen LogP contribution in [0.3, 0.4) is 0 Å². The van der Waals surface area contributed by atoms with Gasteiger partial charge in [-0.25, -0.2) is 0 Å². The Bertz CT molecular complexity index is 438. The molecule has 1 aliphatic carbocycles. The summed E-state index contributed by atoms with van der Waals surface area (Å²) in [6, 6.07) is 12.9. The van der Waals surface area contributed by atoms with Crippen LogP contribution in [0.2, 0.25) is 0 Å². The largest absolute Gasteiger partial charge is 0.0610 e. The molecule has 12 heavy (non-hydrogen) atoms. The molecule has 3 rings (SSSR count). The van der Waals surface area contributed by atoms with Crippen molar-refractivity contribution in [2.45, 2.75) is 0 Å². The van der Waals surface area contributed by atoms with Crippen LogP contribution >= 0.6 is 0 Å². The standard InChI is InChI=1S/C12H8/c1-3-9-4-2-6-11-8-7-10(5-1)12(9)11/h1-8H/i7+1. The van der Waals surface area contributed by atoms with Gasteiger partial charge in [0.25, 0.3) is 0 Å². The van der Waals surface area contributed by atoms with Crippen LogP contribution < -0.4 is 0 Å². The first kappa shape index (κ1) is 6.01. The summed E-state index contributed by atoms with van der Waals surface area (Å²) >= 11 is 0. The van der Waals surface area contributed by atoms with Crippen LogP contribution in [0.1, 0.15) is 11.1 Å². The van der Waals surface area contributed by atoms with Gasteiger partial charge in [-0.05, 0) is 21.9 Å². The van der Waals surface area contributed by atoms with Crippen LogP contribution in [0.5, 0.6) is 0 Å². The zero-order valence-electron chi connectivity index (χ0n) is 6.62. The minimum Gasteiger partial charge on any atom is -0.0610 e. The molecule has 0 spiro atoms. The Morgan fingerprint density at radius 3 is 1.83 bits per heavy atom. The summed E-state index contributed by atoms with van der Waals surface area (Å²) in [4.78, 5) is 0. The normalized spacial score (nSPS) is 12.7. The van der Waals surface area contributed by atoms with Gasteiger partial charge in [0.05, 0.1) is 0 Å². The average molecular weight is 153 g/mol. The first-order chi connectivity index (χ1) is 5.95. The number of hydrogen-bond acceptors (Lipinski definition) is 0. The van der Waals surface area contributed by atoms with Crippen molar-refractivity contribution >= 4 is 22.9 Å². The summed E-state index contributed by atoms with van der Waals surface area (Å²) in [5.41, 5.74) is 2.70. The zero-order valence-corrected chi connectivity index (χ0v) is 6.62. The maximum Gasteiger partial charge on any atom is -0.00389 e. The number of rotatable bonds is 0. The minimum absolute atomic E-state index is 1.34. The van der Waals surface area contributed by atoms with Crippen molar-refractivity contribution in [2.24, 2.45) is 0 Å². The van der Waals surface area contributed by atoms with E-state index in [-0.39, 0.29) is 0 Å². The van der Waals surface area contributed by atoms with Crippen molar-refractivity contribution in [3.8, 4) is 0 Å². The number of hydrogen-bond donors (Lipinski definition) is 0. The molecular formula is C12H8. The molecule has 0 bridgehead atoms. The van der Waals surface area contributed by atoms with Gasteiger partial charge < -0.3 is 0 Å². The van der Waals surface area contributed by atoms with E-state index in [9.17, 15) is 0 Å². The fourth-order valence-corrected chi connectivity index (χ4v) is 1.86. The highest BCUT2D eigenvalue weighted by molar-refractivity contribution is 6.04. The van der Waals surface area contributed by atoms with E-state index >= 15 is 0 Å². The molecule has 0 saturated heterocycles. The van der Waals surface area contributed by atoms with Gasteiger partial charge >= 0.3 is 0 Å². The summed E-state index contributed by atoms with van der Waals surface area (Å²) in [6.07, 6.45) is 4.36. The Hall–Kier alpha value is -1.56. The molecule has 0 aromatic heterocycles. The quantitative estimate of drug-likeness (QED) is 0.434. The predicted octanol–water partition coefficient (Wildman–Crippen LogP) is 3.32. The number of benzene rings is 2. The highest BCUT2D eigenvalue weighted by atomic mass is 14.3. The molecule has 0 unspecified atom stereocenters. The van der Waals surface area contributed by atoms with Crippen LogP contribution in [-0.4, -0.2) is 0 Å². The first-order valence-electron chi connectivity index (χ1n) is 4.15. The molecular weight excluding hydrogens is 145 g/mol. The van der Waals surface area contributed by atoms with Gasteiger partial charge in [-0.2, -0.15) is 0 Å². The van der Waals surface area contributed by atoms with Crippen LogP contribution in [0, 0.1) is 0 Å². The molecule has 0 atom stereocenters. The third kappa shape index (κ3) is 0.620. The van der Waals surface area contributed by atoms with Crippen LogP contribution in [0.15, 0.2) is 36.4 Å². The maximum absolute atomic E-state index is 2.18. The molecule has 1 aliphatic rings. The molecule has 0 saturated carbocycles. The van der Waals surface area contributed by atoms with Gasteiger partial charge in [-0.1, -0.05) is 48.6 Å². The second kappa shape index (κ2) is 1.98. The molecule has 0 radical (unpaired) electrons. The molecule has 56 valence electrons. The fourth-order valence-electron chi connectivity index (χ4n) is 1.86. The average Bonchev–Trinajstić information content (AvgIpc) is 2.52. The van der Waals surface area contributed by atoms with Crippen molar-refractivity contribution in [2.75, 3.05) is 0 Å². The highest BCUT2D eigenvalue weighted by Gasteiger charge is 2.06. The van der Waals surface area contributed by atoms with E-state index in [0.29, 0.717) is 0 Å². The molecule has 0 nitrogen and oxygen atoms in total. The van der Waals surface area contributed by atoms with Crippen molar-refractivity contribution in [3.05, 3.63) is 47.5 Å². The second-order valence-electron chi connectivity index (χ2n) is 3.13. The van der Waals surface area contributed by atoms with Crippen molar-refractivity contribution in [3.63, 3.8) is 0 Å². The Kier molecular flexibility index (Phi) is 0.991.